The second-order valence-corrected chi connectivity index (χ2v) is 2.50. The summed E-state index contributed by atoms with van der Waals surface area (Å²) in [5.41, 5.74) is 1.11. The number of nitrogens with zero attached hydrogens (tertiary/aromatic N) is 1. The minimum absolute atomic E-state index is 0.831. The minimum atomic E-state index is 0.831. The Hall–Kier alpha value is -0.500. The Bertz CT molecular complexity index is 101. The van der Waals surface area contributed by atoms with Crippen LogP contribution >= 0.6 is 0 Å². The van der Waals surface area contributed by atoms with Gasteiger partial charge in [0.25, 0.3) is 0 Å². The molecule has 0 spiro atoms. The zero-order valence-corrected chi connectivity index (χ0v) is 7.18. The molecule has 0 radical (unpaired) electrons. The standard InChI is InChI=1S/C8H17NO/c1-8(2)9(3)6-5-7-10-4/h1,5-7H2,2-4H3. The average Bonchev–Trinajstić information content (AvgIpc) is 1.88. The van der Waals surface area contributed by atoms with E-state index in [4.69, 9.17) is 4.74 Å². The van der Waals surface area contributed by atoms with Gasteiger partial charge in [-0.25, -0.2) is 0 Å². The lowest BCUT2D eigenvalue weighted by Crippen LogP contribution is -2.17. The van der Waals surface area contributed by atoms with Gasteiger partial charge in [0.2, 0.25) is 0 Å². The second kappa shape index (κ2) is 5.30. The van der Waals surface area contributed by atoms with Crippen molar-refractivity contribution in [3.8, 4) is 0 Å². The summed E-state index contributed by atoms with van der Waals surface area (Å²) in [7, 11) is 3.76. The molecule has 0 aliphatic heterocycles. The molecule has 0 unspecified atom stereocenters. The first-order chi connectivity index (χ1) is 4.68. The summed E-state index contributed by atoms with van der Waals surface area (Å²) in [5.74, 6) is 0. The molecule has 0 aromatic carbocycles. The van der Waals surface area contributed by atoms with Crippen LogP contribution in [0.25, 0.3) is 0 Å². The van der Waals surface area contributed by atoms with Crippen molar-refractivity contribution in [3.63, 3.8) is 0 Å². The molecule has 60 valence electrons. The van der Waals surface area contributed by atoms with Crippen molar-refractivity contribution in [2.45, 2.75) is 13.3 Å². The molecule has 0 aromatic rings. The highest BCUT2D eigenvalue weighted by molar-refractivity contribution is 4.85. The highest BCUT2D eigenvalue weighted by Gasteiger charge is 1.94. The average molecular weight is 143 g/mol. The van der Waals surface area contributed by atoms with Crippen molar-refractivity contribution in [2.24, 2.45) is 0 Å². The molecule has 0 aromatic heterocycles. The summed E-state index contributed by atoms with van der Waals surface area (Å²) in [5, 5.41) is 0. The largest absolute Gasteiger partial charge is 0.385 e. The van der Waals surface area contributed by atoms with Crippen LogP contribution in [-0.4, -0.2) is 32.2 Å². The summed E-state index contributed by atoms with van der Waals surface area (Å²) < 4.78 is 4.92. The van der Waals surface area contributed by atoms with Crippen molar-refractivity contribution in [2.75, 3.05) is 27.3 Å². The number of ether oxygens (including phenoxy) is 1. The molecule has 0 rings (SSSR count). The Morgan fingerprint density at radius 1 is 1.60 bits per heavy atom. The van der Waals surface area contributed by atoms with E-state index in [1.165, 1.54) is 0 Å². The maximum absolute atomic E-state index is 4.92. The summed E-state index contributed by atoms with van der Waals surface area (Å²) in [6.07, 6.45) is 1.07. The van der Waals surface area contributed by atoms with Gasteiger partial charge in [-0.05, 0) is 13.3 Å². The Labute approximate surface area is 63.5 Å². The van der Waals surface area contributed by atoms with Gasteiger partial charge < -0.3 is 9.64 Å². The predicted molar refractivity (Wildman–Crippen MR) is 43.9 cm³/mol. The van der Waals surface area contributed by atoms with Gasteiger partial charge >= 0.3 is 0 Å². The molecule has 2 heteroatoms. The fourth-order valence-electron chi connectivity index (χ4n) is 0.637. The van der Waals surface area contributed by atoms with Gasteiger partial charge in [0.05, 0.1) is 0 Å². The smallest absolute Gasteiger partial charge is 0.0479 e. The van der Waals surface area contributed by atoms with Crippen LogP contribution in [0.1, 0.15) is 13.3 Å². The van der Waals surface area contributed by atoms with Gasteiger partial charge in [-0.15, -0.1) is 0 Å². The highest BCUT2D eigenvalue weighted by atomic mass is 16.5. The number of hydrogen-bond acceptors (Lipinski definition) is 2. The zero-order chi connectivity index (χ0) is 7.98. The Morgan fingerprint density at radius 3 is 2.60 bits per heavy atom. The topological polar surface area (TPSA) is 12.5 Å². The van der Waals surface area contributed by atoms with E-state index < -0.39 is 0 Å². The van der Waals surface area contributed by atoms with Crippen LogP contribution < -0.4 is 0 Å². The third-order valence-electron chi connectivity index (χ3n) is 1.49. The molecular formula is C8H17NO. The van der Waals surface area contributed by atoms with Crippen LogP contribution in [0.5, 0.6) is 0 Å². The van der Waals surface area contributed by atoms with Crippen LogP contribution in [0.15, 0.2) is 12.3 Å². The fraction of sp³-hybridized carbons (Fsp3) is 0.750. The quantitative estimate of drug-likeness (QED) is 0.541. The Balaban J connectivity index is 3.21. The van der Waals surface area contributed by atoms with E-state index in [2.05, 4.69) is 11.5 Å². The van der Waals surface area contributed by atoms with Crippen LogP contribution in [0.3, 0.4) is 0 Å². The third kappa shape index (κ3) is 4.39. The van der Waals surface area contributed by atoms with Crippen LogP contribution in [0.2, 0.25) is 0 Å². The van der Waals surface area contributed by atoms with Gasteiger partial charge in [-0.1, -0.05) is 6.58 Å². The number of hydrogen-bond donors (Lipinski definition) is 0. The number of allylic oxidation sites excluding steroid dienone is 1. The van der Waals surface area contributed by atoms with E-state index in [0.29, 0.717) is 0 Å². The lowest BCUT2D eigenvalue weighted by atomic mass is 10.4. The Morgan fingerprint density at radius 2 is 2.20 bits per heavy atom. The molecule has 0 aliphatic carbocycles. The van der Waals surface area contributed by atoms with E-state index in [1.54, 1.807) is 7.11 Å². The van der Waals surface area contributed by atoms with Gasteiger partial charge in [0, 0.05) is 33.0 Å². The molecule has 0 saturated heterocycles. The van der Waals surface area contributed by atoms with Crippen molar-refractivity contribution < 1.29 is 4.74 Å². The lowest BCUT2D eigenvalue weighted by Gasteiger charge is -2.17. The van der Waals surface area contributed by atoms with Crippen molar-refractivity contribution in [3.05, 3.63) is 12.3 Å². The lowest BCUT2D eigenvalue weighted by molar-refractivity contribution is 0.185. The van der Waals surface area contributed by atoms with Crippen molar-refractivity contribution >= 4 is 0 Å². The van der Waals surface area contributed by atoms with Crippen molar-refractivity contribution in [1.82, 2.24) is 4.90 Å². The second-order valence-electron chi connectivity index (χ2n) is 2.50. The first-order valence-corrected chi connectivity index (χ1v) is 3.54. The van der Waals surface area contributed by atoms with E-state index in [9.17, 15) is 0 Å². The third-order valence-corrected chi connectivity index (χ3v) is 1.49. The molecule has 0 amide bonds. The van der Waals surface area contributed by atoms with E-state index >= 15 is 0 Å². The summed E-state index contributed by atoms with van der Waals surface area (Å²) in [6, 6.07) is 0. The SMILES string of the molecule is C=C(C)N(C)CCCOC. The molecule has 0 heterocycles. The maximum Gasteiger partial charge on any atom is 0.0479 e. The fourth-order valence-corrected chi connectivity index (χ4v) is 0.637. The maximum atomic E-state index is 4.92. The first kappa shape index (κ1) is 9.50. The summed E-state index contributed by atoms with van der Waals surface area (Å²) >= 11 is 0. The van der Waals surface area contributed by atoms with Gasteiger partial charge in [-0.2, -0.15) is 0 Å². The Kier molecular flexibility index (Phi) is 5.03. The summed E-state index contributed by atoms with van der Waals surface area (Å²) in [6.45, 7) is 7.69. The molecule has 0 atom stereocenters. The van der Waals surface area contributed by atoms with E-state index in [1.807, 2.05) is 14.0 Å². The number of rotatable bonds is 5. The first-order valence-electron chi connectivity index (χ1n) is 3.54. The molecule has 0 bridgehead atoms. The van der Waals surface area contributed by atoms with Crippen LogP contribution in [-0.2, 0) is 4.74 Å². The summed E-state index contributed by atoms with van der Waals surface area (Å²) in [4.78, 5) is 2.12. The van der Waals surface area contributed by atoms with Crippen LogP contribution in [0.4, 0.5) is 0 Å². The molecule has 2 nitrogen and oxygen atoms in total. The predicted octanol–water partition coefficient (Wildman–Crippen LogP) is 1.49. The zero-order valence-electron chi connectivity index (χ0n) is 7.18. The van der Waals surface area contributed by atoms with Crippen molar-refractivity contribution in [1.29, 1.82) is 0 Å². The minimum Gasteiger partial charge on any atom is -0.385 e. The molecule has 10 heavy (non-hydrogen) atoms. The van der Waals surface area contributed by atoms with E-state index in [0.717, 1.165) is 25.3 Å². The molecule has 0 fully saturated rings. The van der Waals surface area contributed by atoms with Gasteiger partial charge in [0.15, 0.2) is 0 Å². The normalized spacial score (nSPS) is 9.50. The molecular weight excluding hydrogens is 126 g/mol. The number of methoxy groups -OCH3 is 1. The highest BCUT2D eigenvalue weighted by Crippen LogP contribution is 1.96. The molecule has 0 aliphatic rings. The van der Waals surface area contributed by atoms with E-state index in [-0.39, 0.29) is 0 Å². The van der Waals surface area contributed by atoms with Gasteiger partial charge in [0.1, 0.15) is 0 Å². The van der Waals surface area contributed by atoms with Gasteiger partial charge in [-0.3, -0.25) is 0 Å². The van der Waals surface area contributed by atoms with Crippen LogP contribution in [0, 0.1) is 0 Å². The molecule has 0 saturated carbocycles. The monoisotopic (exact) mass is 143 g/mol. The molecule has 0 N–H and O–H groups in total.